The van der Waals surface area contributed by atoms with E-state index in [1.54, 1.807) is 43.4 Å². The van der Waals surface area contributed by atoms with E-state index in [1.165, 1.54) is 13.2 Å². The van der Waals surface area contributed by atoms with Gasteiger partial charge in [0.2, 0.25) is 0 Å². The quantitative estimate of drug-likeness (QED) is 0.847. The first-order chi connectivity index (χ1) is 9.96. The first-order valence-corrected chi connectivity index (χ1v) is 8.38. The Balaban J connectivity index is 2.35. The molecule has 2 aromatic carbocycles. The molecule has 2 rings (SSSR count). The highest BCUT2D eigenvalue weighted by Gasteiger charge is 2.20. The zero-order valence-electron chi connectivity index (χ0n) is 11.6. The average molecular weight is 371 g/mol. The highest BCUT2D eigenvalue weighted by molar-refractivity contribution is 9.10. The largest absolute Gasteiger partial charge is 0.495 e. The van der Waals surface area contributed by atoms with Crippen molar-refractivity contribution in [2.75, 3.05) is 24.2 Å². The van der Waals surface area contributed by atoms with Gasteiger partial charge in [-0.15, -0.1) is 0 Å². The van der Waals surface area contributed by atoms with Crippen molar-refractivity contribution in [1.29, 1.82) is 0 Å². The molecule has 0 amide bonds. The van der Waals surface area contributed by atoms with E-state index in [1.807, 2.05) is 0 Å². The van der Waals surface area contributed by atoms with E-state index >= 15 is 0 Å². The predicted octanol–water partition coefficient (Wildman–Crippen LogP) is 3.30. The first-order valence-electron chi connectivity index (χ1n) is 6.10. The molecule has 2 aromatic rings. The number of rotatable bonds is 5. The van der Waals surface area contributed by atoms with Crippen LogP contribution in [0.25, 0.3) is 0 Å². The van der Waals surface area contributed by atoms with E-state index in [0.717, 1.165) is 5.69 Å². The van der Waals surface area contributed by atoms with Gasteiger partial charge in [0.05, 0.1) is 7.11 Å². The Hall–Kier alpha value is -1.73. The number of methoxy groups -OCH3 is 1. The molecule has 0 saturated heterocycles. The Morgan fingerprint density at radius 2 is 1.67 bits per heavy atom. The van der Waals surface area contributed by atoms with Crippen molar-refractivity contribution < 1.29 is 13.2 Å². The summed E-state index contributed by atoms with van der Waals surface area (Å²) >= 11 is 3.27. The molecule has 112 valence electrons. The molecule has 0 unspecified atom stereocenters. The maximum Gasteiger partial charge on any atom is 0.265 e. The molecule has 21 heavy (non-hydrogen) atoms. The fourth-order valence-corrected chi connectivity index (χ4v) is 3.54. The zero-order chi connectivity index (χ0) is 15.5. The summed E-state index contributed by atoms with van der Waals surface area (Å²) in [5.41, 5.74) is 1.38. The number of hydrogen-bond donors (Lipinski definition) is 2. The number of nitrogens with one attached hydrogen (secondary N) is 2. The Morgan fingerprint density at radius 3 is 2.24 bits per heavy atom. The molecule has 5 nitrogen and oxygen atoms in total. The molecule has 0 bridgehead atoms. The van der Waals surface area contributed by atoms with Gasteiger partial charge < -0.3 is 10.1 Å². The van der Waals surface area contributed by atoms with Crippen molar-refractivity contribution in [3.63, 3.8) is 0 Å². The molecule has 0 atom stereocenters. The monoisotopic (exact) mass is 370 g/mol. The highest BCUT2D eigenvalue weighted by atomic mass is 79.9. The summed E-state index contributed by atoms with van der Waals surface area (Å²) in [7, 11) is -0.492. The molecule has 0 aliphatic carbocycles. The summed E-state index contributed by atoms with van der Waals surface area (Å²) in [6.07, 6.45) is 0. The second-order valence-corrected chi connectivity index (χ2v) is 6.79. The summed E-state index contributed by atoms with van der Waals surface area (Å²) in [6.45, 7) is 0. The minimum absolute atomic E-state index is 0.0806. The smallest absolute Gasteiger partial charge is 0.265 e. The van der Waals surface area contributed by atoms with Gasteiger partial charge in [0.1, 0.15) is 10.6 Å². The number of halogens is 1. The summed E-state index contributed by atoms with van der Waals surface area (Å²) in [5, 5.41) is 2.97. The molecule has 0 heterocycles. The summed E-state index contributed by atoms with van der Waals surface area (Å²) in [4.78, 5) is 0.0806. The molecule has 0 aromatic heterocycles. The van der Waals surface area contributed by atoms with Crippen molar-refractivity contribution >= 4 is 37.3 Å². The minimum Gasteiger partial charge on any atom is -0.495 e. The molecular formula is C14H15BrN2O3S. The van der Waals surface area contributed by atoms with Gasteiger partial charge in [0.15, 0.2) is 0 Å². The van der Waals surface area contributed by atoms with E-state index in [4.69, 9.17) is 4.74 Å². The number of anilines is 2. The fourth-order valence-electron chi connectivity index (χ4n) is 1.78. The van der Waals surface area contributed by atoms with Gasteiger partial charge in [0, 0.05) is 22.9 Å². The van der Waals surface area contributed by atoms with E-state index in [0.29, 0.717) is 10.2 Å². The molecule has 7 heteroatoms. The lowest BCUT2D eigenvalue weighted by Gasteiger charge is -2.12. The van der Waals surface area contributed by atoms with Gasteiger partial charge in [0.25, 0.3) is 10.0 Å². The van der Waals surface area contributed by atoms with Crippen LogP contribution in [-0.2, 0) is 10.0 Å². The van der Waals surface area contributed by atoms with Crippen LogP contribution >= 0.6 is 15.9 Å². The van der Waals surface area contributed by atoms with Crippen LogP contribution in [0.1, 0.15) is 0 Å². The van der Waals surface area contributed by atoms with Crippen LogP contribution in [0.5, 0.6) is 5.75 Å². The Bertz CT molecular complexity index is 730. The van der Waals surface area contributed by atoms with Crippen molar-refractivity contribution in [3.05, 3.63) is 46.9 Å². The average Bonchev–Trinajstić information content (AvgIpc) is 2.47. The van der Waals surface area contributed by atoms with Crippen molar-refractivity contribution in [2.45, 2.75) is 4.90 Å². The van der Waals surface area contributed by atoms with Crippen LogP contribution in [0, 0.1) is 0 Å². The maximum absolute atomic E-state index is 12.5. The number of benzene rings is 2. The SMILES string of the molecule is CNc1ccc(NS(=O)(=O)c2cc(Br)ccc2OC)cc1. The fraction of sp³-hybridized carbons (Fsp3) is 0.143. The molecule has 0 fully saturated rings. The molecule has 0 saturated carbocycles. The lowest BCUT2D eigenvalue weighted by atomic mass is 10.3. The molecule has 0 aliphatic heterocycles. The van der Waals surface area contributed by atoms with Gasteiger partial charge in [-0.05, 0) is 42.5 Å². The Labute approximate surface area is 132 Å². The van der Waals surface area contributed by atoms with Crippen molar-refractivity contribution in [2.24, 2.45) is 0 Å². The van der Waals surface area contributed by atoms with E-state index in [9.17, 15) is 8.42 Å². The molecule has 0 aliphatic rings. The van der Waals surface area contributed by atoms with Gasteiger partial charge >= 0.3 is 0 Å². The lowest BCUT2D eigenvalue weighted by Crippen LogP contribution is -2.14. The van der Waals surface area contributed by atoms with Crippen LogP contribution in [0.2, 0.25) is 0 Å². The van der Waals surface area contributed by atoms with Gasteiger partial charge in [-0.3, -0.25) is 4.72 Å². The summed E-state index contributed by atoms with van der Waals surface area (Å²) < 4.78 is 33.2. The summed E-state index contributed by atoms with van der Waals surface area (Å²) in [6, 6.07) is 11.8. The van der Waals surface area contributed by atoms with Crippen LogP contribution < -0.4 is 14.8 Å². The molecule has 0 radical (unpaired) electrons. The zero-order valence-corrected chi connectivity index (χ0v) is 14.0. The topological polar surface area (TPSA) is 67.4 Å². The van der Waals surface area contributed by atoms with Crippen LogP contribution in [0.3, 0.4) is 0 Å². The van der Waals surface area contributed by atoms with E-state index in [2.05, 4.69) is 26.0 Å². The third kappa shape index (κ3) is 3.68. The predicted molar refractivity (Wildman–Crippen MR) is 87.5 cm³/mol. The number of hydrogen-bond acceptors (Lipinski definition) is 4. The third-order valence-electron chi connectivity index (χ3n) is 2.84. The van der Waals surface area contributed by atoms with Crippen molar-refractivity contribution in [3.8, 4) is 5.75 Å². The minimum atomic E-state index is -3.72. The van der Waals surface area contributed by atoms with Crippen LogP contribution in [0.15, 0.2) is 51.8 Å². The number of sulfonamides is 1. The highest BCUT2D eigenvalue weighted by Crippen LogP contribution is 2.29. The normalized spacial score (nSPS) is 11.0. The Morgan fingerprint density at radius 1 is 1.05 bits per heavy atom. The summed E-state index contributed by atoms with van der Waals surface area (Å²) in [5.74, 6) is 0.289. The van der Waals surface area contributed by atoms with Gasteiger partial charge in [-0.1, -0.05) is 15.9 Å². The second-order valence-electron chi connectivity index (χ2n) is 4.23. The van der Waals surface area contributed by atoms with E-state index in [-0.39, 0.29) is 10.6 Å². The lowest BCUT2D eigenvalue weighted by molar-refractivity contribution is 0.403. The standard InChI is InChI=1S/C14H15BrN2O3S/c1-16-11-4-6-12(7-5-11)17-21(18,19)14-9-10(15)3-8-13(14)20-2/h3-9,16-17H,1-2H3. The van der Waals surface area contributed by atoms with Gasteiger partial charge in [-0.25, -0.2) is 8.42 Å². The first kappa shape index (κ1) is 15.7. The second kappa shape index (κ2) is 6.36. The van der Waals surface area contributed by atoms with Crippen molar-refractivity contribution in [1.82, 2.24) is 0 Å². The van der Waals surface area contributed by atoms with Crippen LogP contribution in [-0.4, -0.2) is 22.6 Å². The molecule has 0 spiro atoms. The number of ether oxygens (including phenoxy) is 1. The maximum atomic E-state index is 12.5. The van der Waals surface area contributed by atoms with E-state index < -0.39 is 10.0 Å². The van der Waals surface area contributed by atoms with Gasteiger partial charge in [-0.2, -0.15) is 0 Å². The Kier molecular flexibility index (Phi) is 4.74. The molecular weight excluding hydrogens is 356 g/mol. The van der Waals surface area contributed by atoms with Crippen LogP contribution in [0.4, 0.5) is 11.4 Å². The molecule has 2 N–H and O–H groups in total. The third-order valence-corrected chi connectivity index (χ3v) is 4.74.